The Morgan fingerprint density at radius 1 is 1.41 bits per heavy atom. The van der Waals surface area contributed by atoms with E-state index in [1.165, 1.54) is 12.8 Å². The summed E-state index contributed by atoms with van der Waals surface area (Å²) < 4.78 is 5.65. The molecule has 0 saturated carbocycles. The van der Waals surface area contributed by atoms with Crippen LogP contribution in [0.4, 0.5) is 0 Å². The molecule has 0 bridgehead atoms. The molecular formula is C17H26N2O3. The number of aliphatic hydroxyl groups excluding tert-OH is 1. The van der Waals surface area contributed by atoms with Gasteiger partial charge in [0.25, 0.3) is 5.91 Å². The normalized spacial score (nSPS) is 18.0. The SMILES string of the molecule is CNC(=O)c1ccccc1OCC(O)CN1CCC(C)CC1. The molecule has 1 unspecified atom stereocenters. The Morgan fingerprint density at radius 2 is 2.09 bits per heavy atom. The second kappa shape index (κ2) is 8.15. The van der Waals surface area contributed by atoms with Crippen molar-refractivity contribution in [2.45, 2.75) is 25.9 Å². The molecule has 1 fully saturated rings. The van der Waals surface area contributed by atoms with Gasteiger partial charge in [0.1, 0.15) is 18.5 Å². The highest BCUT2D eigenvalue weighted by molar-refractivity contribution is 5.96. The second-order valence-corrected chi connectivity index (χ2v) is 6.02. The van der Waals surface area contributed by atoms with E-state index in [1.807, 2.05) is 6.07 Å². The number of benzene rings is 1. The number of hydrogen-bond donors (Lipinski definition) is 2. The van der Waals surface area contributed by atoms with E-state index in [1.54, 1.807) is 25.2 Å². The first-order valence-corrected chi connectivity index (χ1v) is 7.94. The Kier molecular flexibility index (Phi) is 6.21. The Bertz CT molecular complexity index is 485. The van der Waals surface area contributed by atoms with Crippen LogP contribution >= 0.6 is 0 Å². The van der Waals surface area contributed by atoms with Crippen LogP contribution in [0.5, 0.6) is 5.75 Å². The maximum atomic E-state index is 11.8. The molecule has 0 aliphatic carbocycles. The lowest BCUT2D eigenvalue weighted by molar-refractivity contribution is 0.0557. The Morgan fingerprint density at radius 3 is 2.77 bits per heavy atom. The third-order valence-corrected chi connectivity index (χ3v) is 4.14. The summed E-state index contributed by atoms with van der Waals surface area (Å²) in [4.78, 5) is 14.0. The van der Waals surface area contributed by atoms with Crippen molar-refractivity contribution in [3.63, 3.8) is 0 Å². The molecular weight excluding hydrogens is 280 g/mol. The molecule has 22 heavy (non-hydrogen) atoms. The molecule has 1 aromatic rings. The highest BCUT2D eigenvalue weighted by atomic mass is 16.5. The van der Waals surface area contributed by atoms with Crippen molar-refractivity contribution < 1.29 is 14.6 Å². The van der Waals surface area contributed by atoms with Crippen molar-refractivity contribution in [1.29, 1.82) is 0 Å². The third kappa shape index (κ3) is 4.71. The monoisotopic (exact) mass is 306 g/mol. The predicted octanol–water partition coefficient (Wildman–Crippen LogP) is 1.52. The van der Waals surface area contributed by atoms with Crippen molar-refractivity contribution in [3.05, 3.63) is 29.8 Å². The number of carbonyl (C=O) groups is 1. The zero-order valence-corrected chi connectivity index (χ0v) is 13.4. The lowest BCUT2D eigenvalue weighted by Crippen LogP contribution is -2.40. The molecule has 1 heterocycles. The van der Waals surface area contributed by atoms with Crippen LogP contribution in [-0.2, 0) is 0 Å². The van der Waals surface area contributed by atoms with Gasteiger partial charge in [-0.05, 0) is 44.0 Å². The lowest BCUT2D eigenvalue weighted by atomic mass is 9.99. The van der Waals surface area contributed by atoms with Crippen molar-refractivity contribution in [1.82, 2.24) is 10.2 Å². The number of rotatable bonds is 6. The van der Waals surface area contributed by atoms with Crippen LogP contribution in [-0.4, -0.2) is 55.3 Å². The fourth-order valence-electron chi connectivity index (χ4n) is 2.70. The van der Waals surface area contributed by atoms with Gasteiger partial charge in [-0.3, -0.25) is 4.79 Å². The number of aliphatic hydroxyl groups is 1. The average molecular weight is 306 g/mol. The fourth-order valence-corrected chi connectivity index (χ4v) is 2.70. The molecule has 2 N–H and O–H groups in total. The summed E-state index contributed by atoms with van der Waals surface area (Å²) in [6.07, 6.45) is 1.83. The van der Waals surface area contributed by atoms with Gasteiger partial charge in [-0.25, -0.2) is 0 Å². The van der Waals surface area contributed by atoms with Crippen LogP contribution in [0.15, 0.2) is 24.3 Å². The van der Waals surface area contributed by atoms with Crippen molar-refractivity contribution >= 4 is 5.91 Å². The standard InChI is InChI=1S/C17H26N2O3/c1-13-7-9-19(10-8-13)11-14(20)12-22-16-6-4-3-5-15(16)17(21)18-2/h3-6,13-14,20H,7-12H2,1-2H3,(H,18,21). The number of hydrogen-bond acceptors (Lipinski definition) is 4. The van der Waals surface area contributed by atoms with Crippen molar-refractivity contribution in [3.8, 4) is 5.75 Å². The van der Waals surface area contributed by atoms with Gasteiger partial charge in [0.05, 0.1) is 5.56 Å². The molecule has 1 aliphatic rings. The highest BCUT2D eigenvalue weighted by Gasteiger charge is 2.19. The number of likely N-dealkylation sites (tertiary alicyclic amines) is 1. The van der Waals surface area contributed by atoms with Gasteiger partial charge in [0, 0.05) is 13.6 Å². The molecule has 1 saturated heterocycles. The minimum atomic E-state index is -0.550. The van der Waals surface area contributed by atoms with E-state index in [0.717, 1.165) is 19.0 Å². The molecule has 0 radical (unpaired) electrons. The Balaban J connectivity index is 1.83. The second-order valence-electron chi connectivity index (χ2n) is 6.02. The summed E-state index contributed by atoms with van der Waals surface area (Å²) in [6.45, 7) is 5.15. The molecule has 1 aliphatic heterocycles. The van der Waals surface area contributed by atoms with Crippen LogP contribution in [0, 0.1) is 5.92 Å². The average Bonchev–Trinajstić information content (AvgIpc) is 2.54. The molecule has 5 heteroatoms. The largest absolute Gasteiger partial charge is 0.490 e. The lowest BCUT2D eigenvalue weighted by Gasteiger charge is -2.31. The number of nitrogens with zero attached hydrogens (tertiary/aromatic N) is 1. The Labute approximate surface area is 132 Å². The maximum absolute atomic E-state index is 11.8. The molecule has 1 aromatic carbocycles. The van der Waals surface area contributed by atoms with Crippen LogP contribution in [0.25, 0.3) is 0 Å². The number of carbonyl (C=O) groups excluding carboxylic acids is 1. The van der Waals surface area contributed by atoms with Crippen molar-refractivity contribution in [2.75, 3.05) is 33.3 Å². The molecule has 122 valence electrons. The van der Waals surface area contributed by atoms with E-state index in [0.29, 0.717) is 17.9 Å². The number of nitrogens with one attached hydrogen (secondary N) is 1. The van der Waals surface area contributed by atoms with Gasteiger partial charge in [0.15, 0.2) is 0 Å². The number of β-amino-alcohol motifs (C(OH)–C–C–N with tert-alkyl or cyclic N) is 1. The predicted molar refractivity (Wildman–Crippen MR) is 86.2 cm³/mol. The van der Waals surface area contributed by atoms with E-state index in [2.05, 4.69) is 17.1 Å². The van der Waals surface area contributed by atoms with E-state index in [-0.39, 0.29) is 12.5 Å². The van der Waals surface area contributed by atoms with Gasteiger partial charge in [0.2, 0.25) is 0 Å². The molecule has 2 rings (SSSR count). The van der Waals surface area contributed by atoms with Crippen LogP contribution in [0.2, 0.25) is 0 Å². The Hall–Kier alpha value is -1.59. The summed E-state index contributed by atoms with van der Waals surface area (Å²) in [5.74, 6) is 1.10. The zero-order valence-electron chi connectivity index (χ0n) is 13.4. The molecule has 1 amide bonds. The number of amides is 1. The smallest absolute Gasteiger partial charge is 0.254 e. The van der Waals surface area contributed by atoms with Gasteiger partial charge in [-0.2, -0.15) is 0 Å². The fraction of sp³-hybridized carbons (Fsp3) is 0.588. The maximum Gasteiger partial charge on any atom is 0.254 e. The zero-order chi connectivity index (χ0) is 15.9. The van der Waals surface area contributed by atoms with E-state index in [4.69, 9.17) is 4.74 Å². The molecule has 0 spiro atoms. The summed E-state index contributed by atoms with van der Waals surface area (Å²) in [5.41, 5.74) is 0.490. The van der Waals surface area contributed by atoms with Gasteiger partial charge < -0.3 is 20.1 Å². The summed E-state index contributed by atoms with van der Waals surface area (Å²) in [7, 11) is 1.59. The van der Waals surface area contributed by atoms with Crippen molar-refractivity contribution in [2.24, 2.45) is 5.92 Å². The van der Waals surface area contributed by atoms with Crippen LogP contribution < -0.4 is 10.1 Å². The van der Waals surface area contributed by atoms with Gasteiger partial charge in [-0.1, -0.05) is 19.1 Å². The number of piperidine rings is 1. The molecule has 1 atom stereocenters. The topological polar surface area (TPSA) is 61.8 Å². The minimum absolute atomic E-state index is 0.185. The molecule has 5 nitrogen and oxygen atoms in total. The third-order valence-electron chi connectivity index (χ3n) is 4.14. The first-order chi connectivity index (χ1) is 10.6. The van der Waals surface area contributed by atoms with Crippen LogP contribution in [0.1, 0.15) is 30.1 Å². The van der Waals surface area contributed by atoms with Gasteiger partial charge >= 0.3 is 0 Å². The minimum Gasteiger partial charge on any atom is -0.490 e. The first kappa shape index (κ1) is 16.8. The van der Waals surface area contributed by atoms with E-state index < -0.39 is 6.10 Å². The molecule has 0 aromatic heterocycles. The van der Waals surface area contributed by atoms with Crippen LogP contribution in [0.3, 0.4) is 0 Å². The highest BCUT2D eigenvalue weighted by Crippen LogP contribution is 2.19. The quantitative estimate of drug-likeness (QED) is 0.836. The number of para-hydroxylation sites is 1. The van der Waals surface area contributed by atoms with E-state index in [9.17, 15) is 9.90 Å². The van der Waals surface area contributed by atoms with E-state index >= 15 is 0 Å². The first-order valence-electron chi connectivity index (χ1n) is 7.94. The summed E-state index contributed by atoms with van der Waals surface area (Å²) >= 11 is 0. The number of ether oxygens (including phenoxy) is 1. The summed E-state index contributed by atoms with van der Waals surface area (Å²) in [5, 5.41) is 12.7. The summed E-state index contributed by atoms with van der Waals surface area (Å²) in [6, 6.07) is 7.08. The van der Waals surface area contributed by atoms with Gasteiger partial charge in [-0.15, -0.1) is 0 Å².